The van der Waals surface area contributed by atoms with Crippen LogP contribution in [0.3, 0.4) is 0 Å². The van der Waals surface area contributed by atoms with Crippen molar-refractivity contribution in [3.63, 3.8) is 0 Å². The van der Waals surface area contributed by atoms with Gasteiger partial charge in [0.1, 0.15) is 0 Å². The van der Waals surface area contributed by atoms with Crippen LogP contribution in [-0.2, 0) is 0 Å². The molecule has 0 spiro atoms. The number of nitrogens with zero attached hydrogens (tertiary/aromatic N) is 1. The van der Waals surface area contributed by atoms with Gasteiger partial charge in [-0.05, 0) is 69.2 Å². The molecule has 2 aromatic rings. The molecule has 0 fully saturated rings. The number of hydrogen-bond donors (Lipinski definition) is 1. The number of aromatic nitrogens is 1. The topological polar surface area (TPSA) is 24.9 Å². The monoisotopic (exact) mass is 274 g/mol. The van der Waals surface area contributed by atoms with E-state index in [9.17, 15) is 0 Å². The quantitative estimate of drug-likeness (QED) is 0.867. The van der Waals surface area contributed by atoms with Crippen LogP contribution < -0.4 is 5.32 Å². The van der Waals surface area contributed by atoms with Crippen LogP contribution in [0.15, 0.2) is 30.3 Å². The van der Waals surface area contributed by atoms with Gasteiger partial charge >= 0.3 is 0 Å². The Morgan fingerprint density at radius 3 is 2.32 bits per heavy atom. The SMILES string of the molecule is Cc1cc(C)c(C(C)Nc2ccc(Cl)cc2)c(C)n1. The van der Waals surface area contributed by atoms with Gasteiger partial charge in [-0.3, -0.25) is 4.98 Å². The van der Waals surface area contributed by atoms with E-state index >= 15 is 0 Å². The summed E-state index contributed by atoms with van der Waals surface area (Å²) in [5.41, 5.74) is 5.76. The summed E-state index contributed by atoms with van der Waals surface area (Å²) in [6.07, 6.45) is 0. The van der Waals surface area contributed by atoms with Crippen molar-refractivity contribution >= 4 is 17.3 Å². The molecule has 0 saturated carbocycles. The molecule has 1 N–H and O–H groups in total. The fraction of sp³-hybridized carbons (Fsp3) is 0.312. The lowest BCUT2D eigenvalue weighted by atomic mass is 10.00. The normalized spacial score (nSPS) is 12.3. The first kappa shape index (κ1) is 13.9. The van der Waals surface area contributed by atoms with Crippen LogP contribution in [0.2, 0.25) is 5.02 Å². The van der Waals surface area contributed by atoms with E-state index in [2.05, 4.69) is 37.1 Å². The van der Waals surface area contributed by atoms with Gasteiger partial charge in [0.2, 0.25) is 0 Å². The number of benzene rings is 1. The van der Waals surface area contributed by atoms with Crippen LogP contribution in [0.25, 0.3) is 0 Å². The zero-order valence-electron chi connectivity index (χ0n) is 11.8. The lowest BCUT2D eigenvalue weighted by Crippen LogP contribution is -2.11. The molecular formula is C16H19ClN2. The molecule has 100 valence electrons. The minimum atomic E-state index is 0.217. The first-order chi connectivity index (χ1) is 8.97. The summed E-state index contributed by atoms with van der Waals surface area (Å²) in [5.74, 6) is 0. The lowest BCUT2D eigenvalue weighted by Gasteiger charge is -2.20. The Morgan fingerprint density at radius 2 is 1.74 bits per heavy atom. The Labute approximate surface area is 119 Å². The van der Waals surface area contributed by atoms with Crippen molar-refractivity contribution in [2.24, 2.45) is 0 Å². The Morgan fingerprint density at radius 1 is 1.11 bits per heavy atom. The molecule has 0 amide bonds. The zero-order chi connectivity index (χ0) is 14.0. The summed E-state index contributed by atoms with van der Waals surface area (Å²) in [4.78, 5) is 4.55. The second-order valence-corrected chi connectivity index (χ2v) is 5.39. The van der Waals surface area contributed by atoms with E-state index in [1.165, 1.54) is 11.1 Å². The van der Waals surface area contributed by atoms with Crippen molar-refractivity contribution in [3.8, 4) is 0 Å². The van der Waals surface area contributed by atoms with E-state index in [-0.39, 0.29) is 6.04 Å². The van der Waals surface area contributed by atoms with Crippen molar-refractivity contribution in [1.29, 1.82) is 0 Å². The van der Waals surface area contributed by atoms with E-state index in [4.69, 9.17) is 11.6 Å². The number of halogens is 1. The number of hydrogen-bond acceptors (Lipinski definition) is 2. The van der Waals surface area contributed by atoms with Gasteiger partial charge in [-0.2, -0.15) is 0 Å². The zero-order valence-corrected chi connectivity index (χ0v) is 12.5. The van der Waals surface area contributed by atoms with E-state index in [0.717, 1.165) is 22.1 Å². The average molecular weight is 275 g/mol. The summed E-state index contributed by atoms with van der Waals surface area (Å²) in [6, 6.07) is 10.1. The summed E-state index contributed by atoms with van der Waals surface area (Å²) >= 11 is 5.90. The molecule has 1 aromatic carbocycles. The van der Waals surface area contributed by atoms with E-state index in [1.807, 2.05) is 31.2 Å². The fourth-order valence-electron chi connectivity index (χ4n) is 2.56. The number of pyridine rings is 1. The number of aryl methyl sites for hydroxylation is 3. The maximum Gasteiger partial charge on any atom is 0.0506 e. The molecule has 19 heavy (non-hydrogen) atoms. The highest BCUT2D eigenvalue weighted by Gasteiger charge is 2.12. The summed E-state index contributed by atoms with van der Waals surface area (Å²) in [7, 11) is 0. The van der Waals surface area contributed by atoms with Crippen molar-refractivity contribution in [2.75, 3.05) is 5.32 Å². The minimum absolute atomic E-state index is 0.217. The van der Waals surface area contributed by atoms with Gasteiger partial charge in [0.15, 0.2) is 0 Å². The molecule has 1 atom stereocenters. The molecule has 2 nitrogen and oxygen atoms in total. The van der Waals surface area contributed by atoms with Gasteiger partial charge in [0.25, 0.3) is 0 Å². The molecule has 0 aliphatic carbocycles. The van der Waals surface area contributed by atoms with Gasteiger partial charge in [-0.1, -0.05) is 11.6 Å². The van der Waals surface area contributed by atoms with E-state index < -0.39 is 0 Å². The highest BCUT2D eigenvalue weighted by molar-refractivity contribution is 6.30. The highest BCUT2D eigenvalue weighted by atomic mass is 35.5. The van der Waals surface area contributed by atoms with Gasteiger partial charge in [0, 0.05) is 22.1 Å². The molecule has 0 bridgehead atoms. The molecule has 0 radical (unpaired) electrons. The van der Waals surface area contributed by atoms with Gasteiger partial charge < -0.3 is 5.32 Å². The Kier molecular flexibility index (Phi) is 4.11. The smallest absolute Gasteiger partial charge is 0.0506 e. The standard InChI is InChI=1S/C16H19ClN2/c1-10-9-11(2)18-12(3)16(10)13(4)19-15-7-5-14(17)6-8-15/h5-9,13,19H,1-4H3. The summed E-state index contributed by atoms with van der Waals surface area (Å²) in [5, 5.41) is 4.24. The predicted molar refractivity (Wildman–Crippen MR) is 81.9 cm³/mol. The third-order valence-electron chi connectivity index (χ3n) is 3.24. The third-order valence-corrected chi connectivity index (χ3v) is 3.50. The fourth-order valence-corrected chi connectivity index (χ4v) is 2.68. The molecular weight excluding hydrogens is 256 g/mol. The molecule has 3 heteroatoms. The average Bonchev–Trinajstić information content (AvgIpc) is 2.30. The molecule has 1 aromatic heterocycles. The largest absolute Gasteiger partial charge is 0.378 e. The Balaban J connectivity index is 2.25. The molecule has 0 saturated heterocycles. The van der Waals surface area contributed by atoms with Crippen LogP contribution in [0.1, 0.15) is 35.5 Å². The van der Waals surface area contributed by atoms with Crippen molar-refractivity contribution in [2.45, 2.75) is 33.7 Å². The number of anilines is 1. The Bertz CT molecular complexity index is 553. The first-order valence-electron chi connectivity index (χ1n) is 6.44. The molecule has 1 heterocycles. The first-order valence-corrected chi connectivity index (χ1v) is 6.82. The predicted octanol–water partition coefficient (Wildman–Crippen LogP) is 4.83. The molecule has 0 aliphatic rings. The molecule has 1 unspecified atom stereocenters. The van der Waals surface area contributed by atoms with Crippen LogP contribution >= 0.6 is 11.6 Å². The summed E-state index contributed by atoms with van der Waals surface area (Å²) in [6.45, 7) is 8.38. The van der Waals surface area contributed by atoms with E-state index in [1.54, 1.807) is 0 Å². The maximum atomic E-state index is 5.90. The van der Waals surface area contributed by atoms with Crippen molar-refractivity contribution < 1.29 is 0 Å². The van der Waals surface area contributed by atoms with Gasteiger partial charge in [0.05, 0.1) is 6.04 Å². The Hall–Kier alpha value is -1.54. The third kappa shape index (κ3) is 3.27. The van der Waals surface area contributed by atoms with Crippen LogP contribution in [0, 0.1) is 20.8 Å². The molecule has 2 rings (SSSR count). The second kappa shape index (κ2) is 5.62. The van der Waals surface area contributed by atoms with Crippen molar-refractivity contribution in [3.05, 3.63) is 57.9 Å². The minimum Gasteiger partial charge on any atom is -0.378 e. The molecule has 0 aliphatic heterocycles. The highest BCUT2D eigenvalue weighted by Crippen LogP contribution is 2.25. The van der Waals surface area contributed by atoms with Crippen LogP contribution in [0.5, 0.6) is 0 Å². The van der Waals surface area contributed by atoms with Gasteiger partial charge in [-0.25, -0.2) is 0 Å². The van der Waals surface area contributed by atoms with E-state index in [0.29, 0.717) is 0 Å². The van der Waals surface area contributed by atoms with Crippen LogP contribution in [-0.4, -0.2) is 4.98 Å². The van der Waals surface area contributed by atoms with Crippen molar-refractivity contribution in [1.82, 2.24) is 4.98 Å². The van der Waals surface area contributed by atoms with Gasteiger partial charge in [-0.15, -0.1) is 0 Å². The lowest BCUT2D eigenvalue weighted by molar-refractivity contribution is 0.843. The maximum absolute atomic E-state index is 5.90. The number of rotatable bonds is 3. The summed E-state index contributed by atoms with van der Waals surface area (Å²) < 4.78 is 0. The van der Waals surface area contributed by atoms with Crippen LogP contribution in [0.4, 0.5) is 5.69 Å². The second-order valence-electron chi connectivity index (χ2n) is 4.95. The number of nitrogens with one attached hydrogen (secondary N) is 1.